The van der Waals surface area contributed by atoms with Gasteiger partial charge in [-0.05, 0) is 42.8 Å². The molecule has 172 valence electrons. The minimum atomic E-state index is -1.34. The number of thioether (sulfide) groups is 1. The van der Waals surface area contributed by atoms with Crippen molar-refractivity contribution in [2.45, 2.75) is 11.8 Å². The van der Waals surface area contributed by atoms with Gasteiger partial charge in [0, 0.05) is 17.3 Å². The zero-order valence-electron chi connectivity index (χ0n) is 18.0. The predicted octanol–water partition coefficient (Wildman–Crippen LogP) is 4.19. The quantitative estimate of drug-likeness (QED) is 0.609. The van der Waals surface area contributed by atoms with Crippen LogP contribution in [-0.2, 0) is 19.3 Å². The monoisotopic (exact) mass is 479 g/mol. The van der Waals surface area contributed by atoms with Crippen molar-refractivity contribution in [1.29, 1.82) is 0 Å². The largest absolute Gasteiger partial charge is 0.322 e. The fourth-order valence-electron chi connectivity index (χ4n) is 4.40. The van der Waals surface area contributed by atoms with Crippen LogP contribution in [0.4, 0.5) is 25.8 Å². The molecule has 2 heterocycles. The summed E-state index contributed by atoms with van der Waals surface area (Å²) in [4.78, 5) is 41.2. The maximum absolute atomic E-state index is 14.0. The summed E-state index contributed by atoms with van der Waals surface area (Å²) in [6.45, 7) is 1.50. The lowest BCUT2D eigenvalue weighted by Crippen LogP contribution is -2.50. The highest BCUT2D eigenvalue weighted by molar-refractivity contribution is 8.02. The third-order valence-corrected chi connectivity index (χ3v) is 7.22. The number of benzene rings is 3. The lowest BCUT2D eigenvalue weighted by atomic mass is 10.0. The van der Waals surface area contributed by atoms with E-state index >= 15 is 0 Å². The number of hydrogen-bond donors (Lipinski definition) is 1. The van der Waals surface area contributed by atoms with E-state index < -0.39 is 34.9 Å². The van der Waals surface area contributed by atoms with E-state index in [9.17, 15) is 23.2 Å². The number of anilines is 3. The summed E-state index contributed by atoms with van der Waals surface area (Å²) in [6, 6.07) is 17.2. The summed E-state index contributed by atoms with van der Waals surface area (Å²) in [5.41, 5.74) is 2.46. The topological polar surface area (TPSA) is 69.7 Å². The van der Waals surface area contributed by atoms with Gasteiger partial charge in [0.2, 0.25) is 16.7 Å². The Bertz CT molecular complexity index is 1350. The van der Waals surface area contributed by atoms with Gasteiger partial charge in [-0.15, -0.1) is 11.8 Å². The number of nitrogens with one attached hydrogen (secondary N) is 1. The van der Waals surface area contributed by atoms with Gasteiger partial charge >= 0.3 is 0 Å². The molecule has 1 atom stereocenters. The Morgan fingerprint density at radius 2 is 1.85 bits per heavy atom. The average Bonchev–Trinajstić information content (AvgIpc) is 3.27. The Morgan fingerprint density at radius 1 is 1.06 bits per heavy atom. The molecule has 3 amide bonds. The summed E-state index contributed by atoms with van der Waals surface area (Å²) in [6.07, 6.45) is 0. The number of halogens is 2. The van der Waals surface area contributed by atoms with E-state index in [2.05, 4.69) is 5.32 Å². The minimum Gasteiger partial charge on any atom is -0.322 e. The SMILES string of the molecule is Cc1cccc(N2C(=O)CS[C@@]23C(=O)N(CC(=O)Nc2ccc(F)cc2F)c2ccccc23)c1. The zero-order valence-corrected chi connectivity index (χ0v) is 18.9. The number of fused-ring (bicyclic) bond motifs is 2. The molecule has 0 aliphatic carbocycles. The van der Waals surface area contributed by atoms with Gasteiger partial charge < -0.3 is 5.32 Å². The van der Waals surface area contributed by atoms with Gasteiger partial charge in [-0.3, -0.25) is 24.2 Å². The molecule has 2 aliphatic rings. The summed E-state index contributed by atoms with van der Waals surface area (Å²) in [7, 11) is 0. The summed E-state index contributed by atoms with van der Waals surface area (Å²) in [5, 5.41) is 2.39. The second-order valence-electron chi connectivity index (χ2n) is 8.08. The number of carbonyl (C=O) groups excluding carboxylic acids is 3. The lowest BCUT2D eigenvalue weighted by Gasteiger charge is -2.33. The van der Waals surface area contributed by atoms with E-state index in [-0.39, 0.29) is 17.3 Å². The van der Waals surface area contributed by atoms with Gasteiger partial charge in [0.15, 0.2) is 0 Å². The number of rotatable bonds is 4. The van der Waals surface area contributed by atoms with Crippen molar-refractivity contribution in [1.82, 2.24) is 0 Å². The van der Waals surface area contributed by atoms with Gasteiger partial charge in [-0.2, -0.15) is 0 Å². The molecule has 34 heavy (non-hydrogen) atoms. The van der Waals surface area contributed by atoms with Crippen LogP contribution in [0.25, 0.3) is 0 Å². The molecule has 3 aromatic rings. The van der Waals surface area contributed by atoms with Crippen molar-refractivity contribution in [3.63, 3.8) is 0 Å². The standard InChI is InChI=1S/C25H19F2N3O3S/c1-15-5-4-6-17(11-15)30-23(32)14-34-25(30)18-7-2-3-8-21(18)29(24(25)33)13-22(31)28-20-10-9-16(26)12-19(20)27/h2-12H,13-14H2,1H3,(H,28,31)/t25-/m0/s1. The predicted molar refractivity (Wildman–Crippen MR) is 127 cm³/mol. The first-order valence-electron chi connectivity index (χ1n) is 10.5. The van der Waals surface area contributed by atoms with Crippen LogP contribution < -0.4 is 15.1 Å². The van der Waals surface area contributed by atoms with Gasteiger partial charge in [-0.25, -0.2) is 8.78 Å². The Morgan fingerprint density at radius 3 is 2.62 bits per heavy atom. The lowest BCUT2D eigenvalue weighted by molar-refractivity contribution is -0.124. The van der Waals surface area contributed by atoms with Crippen LogP contribution in [0.3, 0.4) is 0 Å². The van der Waals surface area contributed by atoms with Crippen LogP contribution in [0, 0.1) is 18.6 Å². The Kier molecular flexibility index (Phi) is 5.36. The second kappa shape index (κ2) is 8.25. The third-order valence-electron chi connectivity index (χ3n) is 5.83. The normalized spacial score (nSPS) is 19.1. The number of nitrogens with zero attached hydrogens (tertiary/aromatic N) is 2. The van der Waals surface area contributed by atoms with Crippen LogP contribution in [0.5, 0.6) is 0 Å². The van der Waals surface area contributed by atoms with Crippen LogP contribution >= 0.6 is 11.8 Å². The van der Waals surface area contributed by atoms with Crippen LogP contribution in [0.2, 0.25) is 0 Å². The van der Waals surface area contributed by atoms with E-state index in [1.807, 2.05) is 25.1 Å². The van der Waals surface area contributed by atoms with E-state index in [1.54, 1.807) is 30.3 Å². The fraction of sp³-hybridized carbons (Fsp3) is 0.160. The Labute approximate surface area is 198 Å². The third kappa shape index (κ3) is 3.43. The summed E-state index contributed by atoms with van der Waals surface area (Å²) < 4.78 is 27.2. The molecular formula is C25H19F2N3O3S. The van der Waals surface area contributed by atoms with Crippen molar-refractivity contribution >= 4 is 46.5 Å². The molecule has 0 saturated carbocycles. The Balaban J connectivity index is 1.51. The number of carbonyl (C=O) groups is 3. The van der Waals surface area contributed by atoms with Gasteiger partial charge in [0.25, 0.3) is 5.91 Å². The van der Waals surface area contributed by atoms with Crippen LogP contribution in [-0.4, -0.2) is 30.0 Å². The average molecular weight is 480 g/mol. The van der Waals surface area contributed by atoms with Crippen molar-refractivity contribution in [2.24, 2.45) is 0 Å². The number of aryl methyl sites for hydroxylation is 1. The summed E-state index contributed by atoms with van der Waals surface area (Å²) >= 11 is 1.21. The van der Waals surface area contributed by atoms with E-state index in [0.29, 0.717) is 23.0 Å². The Hall–Kier alpha value is -3.72. The highest BCUT2D eigenvalue weighted by atomic mass is 32.2. The molecule has 2 aliphatic heterocycles. The number of hydrogen-bond acceptors (Lipinski definition) is 4. The van der Waals surface area contributed by atoms with E-state index in [0.717, 1.165) is 17.7 Å². The number of amides is 3. The smallest absolute Gasteiger partial charge is 0.269 e. The first-order chi connectivity index (χ1) is 16.3. The molecule has 0 radical (unpaired) electrons. The van der Waals surface area contributed by atoms with Gasteiger partial charge in [-0.1, -0.05) is 30.3 Å². The first kappa shape index (κ1) is 22.1. The minimum absolute atomic E-state index is 0.106. The molecule has 3 aromatic carbocycles. The molecule has 1 N–H and O–H groups in total. The molecule has 1 spiro atoms. The highest BCUT2D eigenvalue weighted by Gasteiger charge is 2.61. The maximum Gasteiger partial charge on any atom is 0.269 e. The van der Waals surface area contributed by atoms with E-state index in [4.69, 9.17) is 0 Å². The van der Waals surface area contributed by atoms with E-state index in [1.165, 1.54) is 21.6 Å². The molecule has 1 fully saturated rings. The van der Waals surface area contributed by atoms with Crippen molar-refractivity contribution < 1.29 is 23.2 Å². The zero-order chi connectivity index (χ0) is 24.0. The maximum atomic E-state index is 14.0. The van der Waals surface area contributed by atoms with Crippen LogP contribution in [0.1, 0.15) is 11.1 Å². The van der Waals surface area contributed by atoms with Gasteiger partial charge in [0.1, 0.15) is 18.2 Å². The second-order valence-corrected chi connectivity index (χ2v) is 9.25. The molecular weight excluding hydrogens is 460 g/mol. The molecule has 0 aromatic heterocycles. The molecule has 0 unspecified atom stereocenters. The molecule has 0 bridgehead atoms. The van der Waals surface area contributed by atoms with Crippen molar-refractivity contribution in [2.75, 3.05) is 27.4 Å². The summed E-state index contributed by atoms with van der Waals surface area (Å²) in [5.74, 6) is -2.86. The van der Waals surface area contributed by atoms with Gasteiger partial charge in [0.05, 0.1) is 17.1 Å². The van der Waals surface area contributed by atoms with Crippen LogP contribution in [0.15, 0.2) is 66.7 Å². The molecule has 6 nitrogen and oxygen atoms in total. The highest BCUT2D eigenvalue weighted by Crippen LogP contribution is 2.55. The number of para-hydroxylation sites is 1. The fourth-order valence-corrected chi connectivity index (χ4v) is 5.76. The molecule has 5 rings (SSSR count). The molecule has 9 heteroatoms. The van der Waals surface area contributed by atoms with Crippen molar-refractivity contribution in [3.8, 4) is 0 Å². The van der Waals surface area contributed by atoms with Crippen molar-refractivity contribution in [3.05, 3.63) is 89.5 Å². The first-order valence-corrected chi connectivity index (χ1v) is 11.5. The molecule has 1 saturated heterocycles.